The number of ether oxygens (including phenoxy) is 1. The van der Waals surface area contributed by atoms with Gasteiger partial charge < -0.3 is 19.9 Å². The summed E-state index contributed by atoms with van der Waals surface area (Å²) < 4.78 is 7.31. The van der Waals surface area contributed by atoms with Crippen LogP contribution in [0.5, 0.6) is 5.75 Å². The number of carbonyl (C=O) groups excluding carboxylic acids is 1. The maximum absolute atomic E-state index is 12.4. The van der Waals surface area contributed by atoms with Gasteiger partial charge in [-0.25, -0.2) is 4.79 Å². The van der Waals surface area contributed by atoms with E-state index in [1.54, 1.807) is 7.11 Å². The van der Waals surface area contributed by atoms with Crippen LogP contribution in [0, 0.1) is 18.3 Å². The number of methoxy groups -OCH3 is 1. The number of aryl methyl sites for hydroxylation is 2. The van der Waals surface area contributed by atoms with E-state index in [9.17, 15) is 10.1 Å². The van der Waals surface area contributed by atoms with Gasteiger partial charge in [-0.3, -0.25) is 0 Å². The van der Waals surface area contributed by atoms with Crippen molar-refractivity contribution >= 4 is 28.3 Å². The molecule has 6 heteroatoms. The molecule has 0 unspecified atom stereocenters. The molecule has 0 aliphatic rings. The fraction of sp³-hybridized carbons (Fsp3) is 0.120. The zero-order valence-electron chi connectivity index (χ0n) is 17.6. The van der Waals surface area contributed by atoms with Crippen molar-refractivity contribution in [2.24, 2.45) is 7.05 Å². The highest BCUT2D eigenvalue weighted by atomic mass is 16.5. The minimum atomic E-state index is -0.330. The first-order valence-electron chi connectivity index (χ1n) is 9.82. The lowest BCUT2D eigenvalue weighted by atomic mass is 10.1. The van der Waals surface area contributed by atoms with E-state index >= 15 is 0 Å². The maximum atomic E-state index is 12.4. The van der Waals surface area contributed by atoms with E-state index in [-0.39, 0.29) is 6.03 Å². The third kappa shape index (κ3) is 3.94. The minimum Gasteiger partial charge on any atom is -0.497 e. The van der Waals surface area contributed by atoms with Crippen molar-refractivity contribution < 1.29 is 9.53 Å². The fourth-order valence-electron chi connectivity index (χ4n) is 3.67. The van der Waals surface area contributed by atoms with Crippen LogP contribution in [0.15, 0.2) is 66.7 Å². The Bertz CT molecular complexity index is 1310. The number of rotatable bonds is 4. The lowest BCUT2D eigenvalue weighted by Gasteiger charge is -2.10. The highest BCUT2D eigenvalue weighted by Crippen LogP contribution is 2.35. The van der Waals surface area contributed by atoms with Crippen molar-refractivity contribution in [3.05, 3.63) is 77.9 Å². The summed E-state index contributed by atoms with van der Waals surface area (Å²) in [6.45, 7) is 1.99. The van der Waals surface area contributed by atoms with Crippen LogP contribution in [-0.2, 0) is 7.05 Å². The second-order valence-electron chi connectivity index (χ2n) is 7.30. The van der Waals surface area contributed by atoms with Gasteiger partial charge in [-0.1, -0.05) is 29.8 Å². The summed E-state index contributed by atoms with van der Waals surface area (Å²) in [4.78, 5) is 12.4. The monoisotopic (exact) mass is 410 g/mol. The molecule has 0 radical (unpaired) electrons. The summed E-state index contributed by atoms with van der Waals surface area (Å²) in [5, 5.41) is 16.4. The van der Waals surface area contributed by atoms with Gasteiger partial charge in [-0.2, -0.15) is 5.26 Å². The molecule has 6 nitrogen and oxygen atoms in total. The number of benzene rings is 3. The van der Waals surface area contributed by atoms with Crippen LogP contribution in [0.25, 0.3) is 22.2 Å². The molecule has 0 aliphatic carbocycles. The molecule has 2 amide bonds. The van der Waals surface area contributed by atoms with Gasteiger partial charge in [0.1, 0.15) is 11.8 Å². The van der Waals surface area contributed by atoms with E-state index < -0.39 is 0 Å². The number of nitrogens with zero attached hydrogens (tertiary/aromatic N) is 2. The first-order valence-corrected chi connectivity index (χ1v) is 9.82. The quantitative estimate of drug-likeness (QED) is 0.454. The Morgan fingerprint density at radius 2 is 1.74 bits per heavy atom. The Hall–Kier alpha value is -4.24. The summed E-state index contributed by atoms with van der Waals surface area (Å²) in [5.74, 6) is 0.729. The molecule has 2 N–H and O–H groups in total. The second-order valence-corrected chi connectivity index (χ2v) is 7.30. The normalized spacial score (nSPS) is 10.5. The predicted octanol–water partition coefficient (Wildman–Crippen LogP) is 5.68. The molecule has 154 valence electrons. The predicted molar refractivity (Wildman–Crippen MR) is 123 cm³/mol. The third-order valence-electron chi connectivity index (χ3n) is 5.22. The van der Waals surface area contributed by atoms with E-state index in [0.717, 1.165) is 33.5 Å². The van der Waals surface area contributed by atoms with Gasteiger partial charge >= 0.3 is 6.03 Å². The molecular weight excluding hydrogens is 388 g/mol. The van der Waals surface area contributed by atoms with Crippen molar-refractivity contribution in [2.75, 3.05) is 17.7 Å². The summed E-state index contributed by atoms with van der Waals surface area (Å²) in [6, 6.07) is 22.7. The standard InChI is InChI=1S/C25H22N4O2/c1-16-7-9-18(10-8-16)27-25(30)28-19-6-4-5-17(13-19)24-22(15-26)21-12-11-20(31-3)14-23(21)29(24)2/h4-14H,1-3H3,(H2,27,28,30). The molecule has 1 heterocycles. The van der Waals surface area contributed by atoms with Gasteiger partial charge in [0.2, 0.25) is 0 Å². The summed E-state index contributed by atoms with van der Waals surface area (Å²) in [6.07, 6.45) is 0. The number of amides is 2. The van der Waals surface area contributed by atoms with E-state index in [1.165, 1.54) is 0 Å². The van der Waals surface area contributed by atoms with E-state index in [2.05, 4.69) is 16.7 Å². The summed E-state index contributed by atoms with van der Waals surface area (Å²) >= 11 is 0. The van der Waals surface area contributed by atoms with Crippen LogP contribution in [0.4, 0.5) is 16.2 Å². The zero-order valence-corrected chi connectivity index (χ0v) is 17.6. The molecule has 31 heavy (non-hydrogen) atoms. The molecule has 0 saturated carbocycles. The van der Waals surface area contributed by atoms with Gasteiger partial charge in [0.15, 0.2) is 0 Å². The first kappa shape index (κ1) is 20.0. The number of fused-ring (bicyclic) bond motifs is 1. The number of nitriles is 1. The largest absolute Gasteiger partial charge is 0.497 e. The molecule has 0 spiro atoms. The van der Waals surface area contributed by atoms with Crippen molar-refractivity contribution in [1.82, 2.24) is 4.57 Å². The Morgan fingerprint density at radius 1 is 1.00 bits per heavy atom. The third-order valence-corrected chi connectivity index (χ3v) is 5.22. The summed E-state index contributed by atoms with van der Waals surface area (Å²) in [5.41, 5.74) is 5.58. The van der Waals surface area contributed by atoms with Gasteiger partial charge in [0, 0.05) is 35.4 Å². The molecule has 4 aromatic rings. The van der Waals surface area contributed by atoms with Crippen LogP contribution in [0.1, 0.15) is 11.1 Å². The number of carbonyl (C=O) groups is 1. The molecule has 1 aromatic heterocycles. The molecular formula is C25H22N4O2. The van der Waals surface area contributed by atoms with E-state index in [1.807, 2.05) is 85.3 Å². The lowest BCUT2D eigenvalue weighted by molar-refractivity contribution is 0.262. The molecule has 0 aliphatic heterocycles. The topological polar surface area (TPSA) is 79.1 Å². The lowest BCUT2D eigenvalue weighted by Crippen LogP contribution is -2.19. The molecule has 4 rings (SSSR count). The maximum Gasteiger partial charge on any atom is 0.323 e. The van der Waals surface area contributed by atoms with E-state index in [4.69, 9.17) is 4.74 Å². The molecule has 3 aromatic carbocycles. The van der Waals surface area contributed by atoms with Crippen LogP contribution >= 0.6 is 0 Å². The minimum absolute atomic E-state index is 0.330. The molecule has 0 atom stereocenters. The van der Waals surface area contributed by atoms with Crippen LogP contribution in [-0.4, -0.2) is 17.7 Å². The van der Waals surface area contributed by atoms with Crippen molar-refractivity contribution in [3.8, 4) is 23.1 Å². The average molecular weight is 410 g/mol. The van der Waals surface area contributed by atoms with Crippen LogP contribution < -0.4 is 15.4 Å². The Balaban J connectivity index is 1.66. The number of urea groups is 1. The molecule has 0 bridgehead atoms. The Kier molecular flexibility index (Phi) is 5.33. The average Bonchev–Trinajstić information content (AvgIpc) is 3.06. The fourth-order valence-corrected chi connectivity index (χ4v) is 3.67. The van der Waals surface area contributed by atoms with Gasteiger partial charge in [-0.05, 0) is 43.3 Å². The number of hydrogen-bond donors (Lipinski definition) is 2. The van der Waals surface area contributed by atoms with Crippen LogP contribution in [0.3, 0.4) is 0 Å². The van der Waals surface area contributed by atoms with Crippen LogP contribution in [0.2, 0.25) is 0 Å². The SMILES string of the molecule is COc1ccc2c(C#N)c(-c3cccc(NC(=O)Nc4ccc(C)cc4)c3)n(C)c2c1. The second kappa shape index (κ2) is 8.25. The number of anilines is 2. The highest BCUT2D eigenvalue weighted by molar-refractivity contribution is 6.00. The van der Waals surface area contributed by atoms with Crippen molar-refractivity contribution in [2.45, 2.75) is 6.92 Å². The van der Waals surface area contributed by atoms with Crippen molar-refractivity contribution in [3.63, 3.8) is 0 Å². The number of nitrogens with one attached hydrogen (secondary N) is 2. The Labute approximate surface area is 180 Å². The Morgan fingerprint density at radius 3 is 2.45 bits per heavy atom. The first-order chi connectivity index (χ1) is 15.0. The highest BCUT2D eigenvalue weighted by Gasteiger charge is 2.17. The molecule has 0 saturated heterocycles. The number of aromatic nitrogens is 1. The van der Waals surface area contributed by atoms with Gasteiger partial charge in [0.05, 0.1) is 23.9 Å². The van der Waals surface area contributed by atoms with Gasteiger partial charge in [0.25, 0.3) is 0 Å². The van der Waals surface area contributed by atoms with Gasteiger partial charge in [-0.15, -0.1) is 0 Å². The zero-order chi connectivity index (χ0) is 22.0. The van der Waals surface area contributed by atoms with Crippen molar-refractivity contribution in [1.29, 1.82) is 5.26 Å². The summed E-state index contributed by atoms with van der Waals surface area (Å²) in [7, 11) is 3.54. The number of hydrogen-bond acceptors (Lipinski definition) is 3. The molecule has 0 fully saturated rings. The van der Waals surface area contributed by atoms with E-state index in [0.29, 0.717) is 16.9 Å². The smallest absolute Gasteiger partial charge is 0.323 e.